The predicted molar refractivity (Wildman–Crippen MR) is 82.6 cm³/mol. The summed E-state index contributed by atoms with van der Waals surface area (Å²) in [6, 6.07) is 16.7. The summed E-state index contributed by atoms with van der Waals surface area (Å²) in [5, 5.41) is 3.31. The van der Waals surface area contributed by atoms with Gasteiger partial charge in [-0.05, 0) is 36.4 Å². The maximum absolute atomic E-state index is 11.5. The largest absolute Gasteiger partial charge is 0.412 e. The van der Waals surface area contributed by atoms with E-state index < -0.39 is 6.09 Å². The highest BCUT2D eigenvalue weighted by Gasteiger charge is 2.03. The molecule has 1 amide bonds. The van der Waals surface area contributed by atoms with E-state index in [-0.39, 0.29) is 0 Å². The Balaban J connectivity index is 1.66. The van der Waals surface area contributed by atoms with Crippen LogP contribution in [0.4, 0.5) is 4.79 Å². The fourth-order valence-corrected chi connectivity index (χ4v) is 2.40. The maximum Gasteiger partial charge on any atom is 0.412 e. The Morgan fingerprint density at radius 1 is 1.10 bits per heavy atom. The lowest BCUT2D eigenvalue weighted by molar-refractivity contribution is 0.201. The standard InChI is InChI=1S/C15H14ClNO2S/c16-12-6-8-13(9-7-12)19-15(18)17-10-11-20-14-4-2-1-3-5-14/h1-9H,10-11H2,(H,17,18). The molecule has 0 saturated carbocycles. The van der Waals surface area contributed by atoms with Gasteiger partial charge in [-0.15, -0.1) is 11.8 Å². The van der Waals surface area contributed by atoms with E-state index in [1.165, 1.54) is 4.90 Å². The molecular weight excluding hydrogens is 294 g/mol. The summed E-state index contributed by atoms with van der Waals surface area (Å²) >= 11 is 7.43. The van der Waals surface area contributed by atoms with Crippen LogP contribution in [0.1, 0.15) is 0 Å². The fourth-order valence-electron chi connectivity index (χ4n) is 1.48. The van der Waals surface area contributed by atoms with Crippen molar-refractivity contribution in [1.82, 2.24) is 5.32 Å². The van der Waals surface area contributed by atoms with E-state index in [0.29, 0.717) is 17.3 Å². The molecule has 1 N–H and O–H groups in total. The van der Waals surface area contributed by atoms with E-state index in [0.717, 1.165) is 5.75 Å². The molecule has 0 aliphatic heterocycles. The zero-order valence-electron chi connectivity index (χ0n) is 10.7. The van der Waals surface area contributed by atoms with Gasteiger partial charge >= 0.3 is 6.09 Å². The number of benzene rings is 2. The van der Waals surface area contributed by atoms with Gasteiger partial charge in [-0.25, -0.2) is 4.79 Å². The minimum atomic E-state index is -0.457. The van der Waals surface area contributed by atoms with Gasteiger partial charge in [-0.2, -0.15) is 0 Å². The van der Waals surface area contributed by atoms with Crippen LogP contribution in [-0.4, -0.2) is 18.4 Å². The molecule has 5 heteroatoms. The molecule has 2 aromatic carbocycles. The SMILES string of the molecule is O=C(NCCSc1ccccc1)Oc1ccc(Cl)cc1. The van der Waals surface area contributed by atoms with Crippen LogP contribution in [0.3, 0.4) is 0 Å². The predicted octanol–water partition coefficient (Wildman–Crippen LogP) is 4.22. The van der Waals surface area contributed by atoms with E-state index in [1.807, 2.05) is 30.3 Å². The first-order valence-corrected chi connectivity index (χ1v) is 7.49. The molecule has 0 aliphatic rings. The van der Waals surface area contributed by atoms with Gasteiger partial charge in [0.15, 0.2) is 0 Å². The third kappa shape index (κ3) is 5.15. The average molecular weight is 308 g/mol. The average Bonchev–Trinajstić information content (AvgIpc) is 2.47. The molecule has 0 unspecified atom stereocenters. The molecule has 2 rings (SSSR count). The summed E-state index contributed by atoms with van der Waals surface area (Å²) < 4.78 is 5.10. The summed E-state index contributed by atoms with van der Waals surface area (Å²) in [6.45, 7) is 0.548. The maximum atomic E-state index is 11.5. The molecule has 0 spiro atoms. The van der Waals surface area contributed by atoms with Crippen molar-refractivity contribution in [3.05, 3.63) is 59.6 Å². The molecule has 3 nitrogen and oxygen atoms in total. The number of rotatable bonds is 5. The van der Waals surface area contributed by atoms with Gasteiger partial charge in [-0.1, -0.05) is 29.8 Å². The lowest BCUT2D eigenvalue weighted by atomic mass is 10.3. The van der Waals surface area contributed by atoms with Crippen LogP contribution in [0, 0.1) is 0 Å². The number of nitrogens with one attached hydrogen (secondary N) is 1. The molecule has 0 bridgehead atoms. The number of halogens is 1. The van der Waals surface area contributed by atoms with E-state index in [1.54, 1.807) is 36.0 Å². The highest BCUT2D eigenvalue weighted by Crippen LogP contribution is 2.16. The summed E-state index contributed by atoms with van der Waals surface area (Å²) in [6.07, 6.45) is -0.457. The molecule has 2 aromatic rings. The number of hydrogen-bond donors (Lipinski definition) is 1. The van der Waals surface area contributed by atoms with Crippen LogP contribution in [0.15, 0.2) is 59.5 Å². The van der Waals surface area contributed by atoms with Crippen LogP contribution in [0.5, 0.6) is 5.75 Å². The number of thioether (sulfide) groups is 1. The zero-order valence-corrected chi connectivity index (χ0v) is 12.3. The second-order valence-corrected chi connectivity index (χ2v) is 5.54. The summed E-state index contributed by atoms with van der Waals surface area (Å²) in [7, 11) is 0. The Labute approximate surface area is 127 Å². The monoisotopic (exact) mass is 307 g/mol. The quantitative estimate of drug-likeness (QED) is 0.664. The van der Waals surface area contributed by atoms with Crippen molar-refractivity contribution < 1.29 is 9.53 Å². The van der Waals surface area contributed by atoms with Crippen molar-refractivity contribution >= 4 is 29.5 Å². The van der Waals surface area contributed by atoms with Gasteiger partial charge in [0.1, 0.15) is 5.75 Å². The Kier molecular flexibility index (Phi) is 5.77. The van der Waals surface area contributed by atoms with Gasteiger partial charge in [0.2, 0.25) is 0 Å². The van der Waals surface area contributed by atoms with E-state index >= 15 is 0 Å². The van der Waals surface area contributed by atoms with Gasteiger partial charge in [-0.3, -0.25) is 0 Å². The first kappa shape index (κ1) is 14.8. The molecule has 0 heterocycles. The third-order valence-electron chi connectivity index (χ3n) is 2.41. The van der Waals surface area contributed by atoms with Crippen LogP contribution in [0.2, 0.25) is 5.02 Å². The van der Waals surface area contributed by atoms with E-state index in [9.17, 15) is 4.79 Å². The molecule has 0 aliphatic carbocycles. The van der Waals surface area contributed by atoms with Crippen molar-refractivity contribution in [2.24, 2.45) is 0 Å². The summed E-state index contributed by atoms with van der Waals surface area (Å²) in [4.78, 5) is 12.7. The van der Waals surface area contributed by atoms with Gasteiger partial charge < -0.3 is 10.1 Å². The van der Waals surface area contributed by atoms with Crippen LogP contribution in [0.25, 0.3) is 0 Å². The first-order chi connectivity index (χ1) is 9.74. The topological polar surface area (TPSA) is 38.3 Å². The van der Waals surface area contributed by atoms with Crippen molar-refractivity contribution in [2.75, 3.05) is 12.3 Å². The fraction of sp³-hybridized carbons (Fsp3) is 0.133. The van der Waals surface area contributed by atoms with Gasteiger partial charge in [0, 0.05) is 22.2 Å². The number of carbonyl (C=O) groups is 1. The van der Waals surface area contributed by atoms with E-state index in [2.05, 4.69) is 5.32 Å². The summed E-state index contributed by atoms with van der Waals surface area (Å²) in [5.41, 5.74) is 0. The van der Waals surface area contributed by atoms with Crippen molar-refractivity contribution in [2.45, 2.75) is 4.90 Å². The lowest BCUT2D eigenvalue weighted by Gasteiger charge is -2.06. The molecule has 104 valence electrons. The van der Waals surface area contributed by atoms with Crippen LogP contribution in [-0.2, 0) is 0 Å². The highest BCUT2D eigenvalue weighted by molar-refractivity contribution is 7.99. The van der Waals surface area contributed by atoms with Crippen molar-refractivity contribution in [3.63, 3.8) is 0 Å². The molecule has 0 fully saturated rings. The van der Waals surface area contributed by atoms with Gasteiger partial charge in [0.05, 0.1) is 0 Å². The van der Waals surface area contributed by atoms with Crippen LogP contribution >= 0.6 is 23.4 Å². The minimum absolute atomic E-state index is 0.457. The number of hydrogen-bond acceptors (Lipinski definition) is 3. The minimum Gasteiger partial charge on any atom is -0.410 e. The van der Waals surface area contributed by atoms with E-state index in [4.69, 9.17) is 16.3 Å². The highest BCUT2D eigenvalue weighted by atomic mass is 35.5. The Hall–Kier alpha value is -1.65. The number of carbonyl (C=O) groups excluding carboxylic acids is 1. The molecule has 0 radical (unpaired) electrons. The van der Waals surface area contributed by atoms with Crippen molar-refractivity contribution in [1.29, 1.82) is 0 Å². The smallest absolute Gasteiger partial charge is 0.410 e. The Morgan fingerprint density at radius 3 is 2.50 bits per heavy atom. The zero-order chi connectivity index (χ0) is 14.2. The molecule has 0 atom stereocenters. The second kappa shape index (κ2) is 7.82. The number of ether oxygens (including phenoxy) is 1. The number of amides is 1. The summed E-state index contributed by atoms with van der Waals surface area (Å²) in [5.74, 6) is 1.27. The Bertz CT molecular complexity index is 546. The molecule has 0 saturated heterocycles. The molecule has 0 aromatic heterocycles. The first-order valence-electron chi connectivity index (χ1n) is 6.13. The normalized spacial score (nSPS) is 10.1. The molecule has 20 heavy (non-hydrogen) atoms. The Morgan fingerprint density at radius 2 is 1.80 bits per heavy atom. The van der Waals surface area contributed by atoms with Crippen LogP contribution < -0.4 is 10.1 Å². The lowest BCUT2D eigenvalue weighted by Crippen LogP contribution is -2.28. The second-order valence-electron chi connectivity index (χ2n) is 3.93. The third-order valence-corrected chi connectivity index (χ3v) is 3.67. The molecular formula is C15H14ClNO2S. The van der Waals surface area contributed by atoms with Gasteiger partial charge in [0.25, 0.3) is 0 Å². The van der Waals surface area contributed by atoms with Crippen molar-refractivity contribution in [3.8, 4) is 5.75 Å².